The average molecular weight is 256 g/mol. The number of nitro benzene ring substituents is 1. The maximum Gasteiger partial charge on any atom is 0.274 e. The zero-order valence-corrected chi connectivity index (χ0v) is 10.8. The standard InChI is InChI=1S/C11H16N2O3S/c1-9-4-5-10(8-11(9)13(14)15)12-6-3-7-17(2)16/h4-5,8,12H,3,6-7H2,1-2H3. The Hall–Kier alpha value is -1.43. The van der Waals surface area contributed by atoms with Gasteiger partial charge in [-0.3, -0.25) is 14.3 Å². The largest absolute Gasteiger partial charge is 0.385 e. The summed E-state index contributed by atoms with van der Waals surface area (Å²) in [4.78, 5) is 10.3. The van der Waals surface area contributed by atoms with Crippen LogP contribution in [0.5, 0.6) is 0 Å². The van der Waals surface area contributed by atoms with E-state index < -0.39 is 10.8 Å². The molecule has 0 amide bonds. The van der Waals surface area contributed by atoms with Crippen molar-refractivity contribution >= 4 is 22.2 Å². The Kier molecular flexibility index (Phi) is 5.09. The van der Waals surface area contributed by atoms with Crippen LogP contribution in [0.1, 0.15) is 12.0 Å². The predicted octanol–water partition coefficient (Wildman–Crippen LogP) is 2.08. The van der Waals surface area contributed by atoms with E-state index in [1.54, 1.807) is 19.2 Å². The van der Waals surface area contributed by atoms with Gasteiger partial charge in [0.25, 0.3) is 5.69 Å². The molecule has 1 N–H and O–H groups in total. The number of nitrogens with one attached hydrogen (secondary N) is 1. The summed E-state index contributed by atoms with van der Waals surface area (Å²) in [5, 5.41) is 13.8. The molecule has 0 aromatic heterocycles. The van der Waals surface area contributed by atoms with E-state index in [9.17, 15) is 14.3 Å². The third-order valence-electron chi connectivity index (χ3n) is 2.34. The Labute approximate surface area is 103 Å². The maximum atomic E-state index is 10.8. The molecule has 0 bridgehead atoms. The highest BCUT2D eigenvalue weighted by Crippen LogP contribution is 2.22. The van der Waals surface area contributed by atoms with Gasteiger partial charge in [0.15, 0.2) is 0 Å². The summed E-state index contributed by atoms with van der Waals surface area (Å²) in [5.74, 6) is 0.640. The molecule has 94 valence electrons. The third kappa shape index (κ3) is 4.52. The highest BCUT2D eigenvalue weighted by Gasteiger charge is 2.10. The summed E-state index contributed by atoms with van der Waals surface area (Å²) < 4.78 is 10.8. The van der Waals surface area contributed by atoms with Crippen LogP contribution in [0, 0.1) is 17.0 Å². The fourth-order valence-electron chi connectivity index (χ4n) is 1.42. The van der Waals surface area contributed by atoms with E-state index in [-0.39, 0.29) is 10.6 Å². The van der Waals surface area contributed by atoms with Crippen LogP contribution in [-0.2, 0) is 10.8 Å². The molecule has 1 unspecified atom stereocenters. The normalized spacial score (nSPS) is 12.1. The van der Waals surface area contributed by atoms with Crippen LogP contribution < -0.4 is 5.32 Å². The van der Waals surface area contributed by atoms with E-state index in [4.69, 9.17) is 0 Å². The van der Waals surface area contributed by atoms with Crippen LogP contribution in [0.4, 0.5) is 11.4 Å². The number of hydrogen-bond donors (Lipinski definition) is 1. The lowest BCUT2D eigenvalue weighted by molar-refractivity contribution is -0.385. The van der Waals surface area contributed by atoms with Crippen molar-refractivity contribution in [3.05, 3.63) is 33.9 Å². The summed E-state index contributed by atoms with van der Waals surface area (Å²) >= 11 is 0. The molecule has 5 nitrogen and oxygen atoms in total. The smallest absolute Gasteiger partial charge is 0.274 e. The van der Waals surface area contributed by atoms with Gasteiger partial charge in [0.1, 0.15) is 0 Å². The first-order valence-electron chi connectivity index (χ1n) is 5.29. The van der Waals surface area contributed by atoms with Crippen LogP contribution in [0.3, 0.4) is 0 Å². The van der Waals surface area contributed by atoms with Gasteiger partial charge in [0, 0.05) is 46.7 Å². The first kappa shape index (κ1) is 13.6. The minimum Gasteiger partial charge on any atom is -0.385 e. The molecule has 17 heavy (non-hydrogen) atoms. The molecule has 1 aromatic rings. The van der Waals surface area contributed by atoms with Gasteiger partial charge in [-0.05, 0) is 19.4 Å². The van der Waals surface area contributed by atoms with Crippen molar-refractivity contribution in [2.75, 3.05) is 23.9 Å². The lowest BCUT2D eigenvalue weighted by Crippen LogP contribution is -2.06. The topological polar surface area (TPSA) is 72.2 Å². The zero-order chi connectivity index (χ0) is 12.8. The van der Waals surface area contributed by atoms with Crippen molar-refractivity contribution in [3.8, 4) is 0 Å². The molecule has 0 heterocycles. The summed E-state index contributed by atoms with van der Waals surface area (Å²) in [6.45, 7) is 2.38. The molecular formula is C11H16N2O3S. The summed E-state index contributed by atoms with van der Waals surface area (Å²) in [5.41, 5.74) is 1.49. The van der Waals surface area contributed by atoms with E-state index in [0.717, 1.165) is 12.1 Å². The molecule has 0 saturated heterocycles. The Balaban J connectivity index is 2.57. The minimum atomic E-state index is -0.787. The molecule has 0 spiro atoms. The number of benzene rings is 1. The van der Waals surface area contributed by atoms with Gasteiger partial charge in [-0.25, -0.2) is 0 Å². The monoisotopic (exact) mass is 256 g/mol. The number of anilines is 1. The van der Waals surface area contributed by atoms with Crippen LogP contribution >= 0.6 is 0 Å². The molecule has 1 aromatic carbocycles. The summed E-state index contributed by atoms with van der Waals surface area (Å²) in [7, 11) is -0.787. The van der Waals surface area contributed by atoms with E-state index >= 15 is 0 Å². The zero-order valence-electron chi connectivity index (χ0n) is 9.93. The van der Waals surface area contributed by atoms with Gasteiger partial charge in [-0.2, -0.15) is 0 Å². The fraction of sp³-hybridized carbons (Fsp3) is 0.455. The van der Waals surface area contributed by atoms with Crippen LogP contribution in [0.2, 0.25) is 0 Å². The molecule has 0 aliphatic rings. The number of nitrogens with zero attached hydrogens (tertiary/aromatic N) is 1. The van der Waals surface area contributed by atoms with Crippen molar-refractivity contribution in [2.24, 2.45) is 0 Å². The van der Waals surface area contributed by atoms with Crippen molar-refractivity contribution < 1.29 is 9.13 Å². The van der Waals surface area contributed by atoms with Crippen LogP contribution in [0.15, 0.2) is 18.2 Å². The highest BCUT2D eigenvalue weighted by atomic mass is 32.2. The summed E-state index contributed by atoms with van der Waals surface area (Å²) in [6, 6.07) is 5.06. The first-order valence-corrected chi connectivity index (χ1v) is 7.02. The molecule has 1 rings (SSSR count). The lowest BCUT2D eigenvalue weighted by Gasteiger charge is -2.06. The van der Waals surface area contributed by atoms with Crippen molar-refractivity contribution in [3.63, 3.8) is 0 Å². The van der Waals surface area contributed by atoms with Crippen molar-refractivity contribution in [2.45, 2.75) is 13.3 Å². The Morgan fingerprint density at radius 2 is 2.18 bits per heavy atom. The molecule has 0 fully saturated rings. The Morgan fingerprint density at radius 1 is 1.47 bits per heavy atom. The number of aryl methyl sites for hydroxylation is 1. The lowest BCUT2D eigenvalue weighted by atomic mass is 10.2. The maximum absolute atomic E-state index is 10.8. The summed E-state index contributed by atoms with van der Waals surface area (Å²) in [6.07, 6.45) is 2.45. The predicted molar refractivity (Wildman–Crippen MR) is 69.9 cm³/mol. The van der Waals surface area contributed by atoms with Gasteiger partial charge in [0.05, 0.1) is 4.92 Å². The quantitative estimate of drug-likeness (QED) is 0.480. The molecule has 6 heteroatoms. The van der Waals surface area contributed by atoms with E-state index in [0.29, 0.717) is 17.9 Å². The second-order valence-corrected chi connectivity index (χ2v) is 5.37. The van der Waals surface area contributed by atoms with Gasteiger partial charge < -0.3 is 5.32 Å². The molecule has 0 radical (unpaired) electrons. The molecular weight excluding hydrogens is 240 g/mol. The van der Waals surface area contributed by atoms with Gasteiger partial charge in [-0.15, -0.1) is 0 Å². The van der Waals surface area contributed by atoms with Crippen LogP contribution in [0.25, 0.3) is 0 Å². The SMILES string of the molecule is Cc1ccc(NCCCS(C)=O)cc1[N+](=O)[O-]. The van der Waals surface area contributed by atoms with E-state index in [1.807, 2.05) is 6.07 Å². The molecule has 0 saturated carbocycles. The second-order valence-electron chi connectivity index (χ2n) is 3.82. The van der Waals surface area contributed by atoms with Crippen LogP contribution in [-0.4, -0.2) is 27.7 Å². The fourth-order valence-corrected chi connectivity index (χ4v) is 1.98. The Morgan fingerprint density at radius 3 is 2.76 bits per heavy atom. The second kappa shape index (κ2) is 6.34. The molecule has 0 aliphatic carbocycles. The van der Waals surface area contributed by atoms with Gasteiger partial charge in [-0.1, -0.05) is 6.07 Å². The number of rotatable bonds is 6. The number of hydrogen-bond acceptors (Lipinski definition) is 4. The van der Waals surface area contributed by atoms with E-state index in [1.165, 1.54) is 6.07 Å². The molecule has 0 aliphatic heterocycles. The number of nitro groups is 1. The van der Waals surface area contributed by atoms with Gasteiger partial charge in [0.2, 0.25) is 0 Å². The van der Waals surface area contributed by atoms with Crippen molar-refractivity contribution in [1.82, 2.24) is 0 Å². The average Bonchev–Trinajstić information content (AvgIpc) is 2.25. The van der Waals surface area contributed by atoms with Gasteiger partial charge >= 0.3 is 0 Å². The third-order valence-corrected chi connectivity index (χ3v) is 3.21. The highest BCUT2D eigenvalue weighted by molar-refractivity contribution is 7.84. The first-order chi connectivity index (χ1) is 8.00. The Bertz CT molecular complexity index is 435. The minimum absolute atomic E-state index is 0.120. The van der Waals surface area contributed by atoms with Crippen molar-refractivity contribution in [1.29, 1.82) is 0 Å². The van der Waals surface area contributed by atoms with E-state index in [2.05, 4.69) is 5.32 Å². The molecule has 1 atom stereocenters.